The van der Waals surface area contributed by atoms with Gasteiger partial charge in [0.25, 0.3) is 0 Å². The smallest absolute Gasteiger partial charge is 0.179 e. The van der Waals surface area contributed by atoms with E-state index < -0.39 is 6.29 Å². The van der Waals surface area contributed by atoms with Crippen LogP contribution in [-0.2, 0) is 9.47 Å². The van der Waals surface area contributed by atoms with E-state index in [0.717, 1.165) is 11.4 Å². The first kappa shape index (κ1) is 13.6. The molecule has 0 spiro atoms. The van der Waals surface area contributed by atoms with Gasteiger partial charge in [-0.25, -0.2) is 10.1 Å². The molecule has 3 N–H and O–H groups in total. The third-order valence-electron chi connectivity index (χ3n) is 2.81. The first-order valence-electron chi connectivity index (χ1n) is 5.79. The van der Waals surface area contributed by atoms with Crippen LogP contribution in [0.15, 0.2) is 36.5 Å². The van der Waals surface area contributed by atoms with Gasteiger partial charge in [-0.3, -0.25) is 5.84 Å². The van der Waals surface area contributed by atoms with Crippen LogP contribution in [0, 0.1) is 0 Å². The van der Waals surface area contributed by atoms with E-state index in [2.05, 4.69) is 15.7 Å². The lowest BCUT2D eigenvalue weighted by Gasteiger charge is -2.24. The van der Waals surface area contributed by atoms with Crippen LogP contribution in [0.5, 0.6) is 0 Å². The molecule has 7 heteroatoms. The van der Waals surface area contributed by atoms with Gasteiger partial charge in [0.15, 0.2) is 6.29 Å². The van der Waals surface area contributed by atoms with E-state index in [0.29, 0.717) is 0 Å². The highest BCUT2D eigenvalue weighted by Crippen LogP contribution is 2.20. The minimum Gasteiger partial charge on any atom is -0.354 e. The summed E-state index contributed by atoms with van der Waals surface area (Å²) in [4.78, 5) is 0. The fourth-order valence-corrected chi connectivity index (χ4v) is 1.90. The fourth-order valence-electron chi connectivity index (χ4n) is 1.90. The molecule has 1 heterocycles. The highest BCUT2D eigenvalue weighted by molar-refractivity contribution is 5.32. The van der Waals surface area contributed by atoms with Gasteiger partial charge in [-0.15, -0.1) is 5.10 Å². The standard InChI is InChI=1S/C12H17N5O2/c1-18-12(19-2)11(15-13)10-8-14-16-17(10)9-6-4-3-5-7-9/h3-8,11-12,15H,13H2,1-2H3. The highest BCUT2D eigenvalue weighted by atomic mass is 16.7. The molecule has 7 nitrogen and oxygen atoms in total. The minimum atomic E-state index is -0.536. The van der Waals surface area contributed by atoms with Gasteiger partial charge in [0, 0.05) is 14.2 Å². The largest absolute Gasteiger partial charge is 0.354 e. The molecular formula is C12H17N5O2. The summed E-state index contributed by atoms with van der Waals surface area (Å²) < 4.78 is 12.2. The van der Waals surface area contributed by atoms with Crippen LogP contribution in [0.1, 0.15) is 11.7 Å². The maximum atomic E-state index is 5.58. The Balaban J connectivity index is 2.38. The van der Waals surface area contributed by atoms with E-state index in [1.165, 1.54) is 0 Å². The van der Waals surface area contributed by atoms with Gasteiger partial charge in [0.05, 0.1) is 17.6 Å². The van der Waals surface area contributed by atoms with E-state index in [9.17, 15) is 0 Å². The molecule has 1 atom stereocenters. The number of aromatic nitrogens is 3. The maximum absolute atomic E-state index is 5.58. The van der Waals surface area contributed by atoms with Crippen LogP contribution in [0.3, 0.4) is 0 Å². The maximum Gasteiger partial charge on any atom is 0.179 e. The van der Waals surface area contributed by atoms with E-state index in [4.69, 9.17) is 15.3 Å². The predicted octanol–water partition coefficient (Wildman–Crippen LogP) is 0.391. The number of para-hydroxylation sites is 1. The van der Waals surface area contributed by atoms with Crippen LogP contribution >= 0.6 is 0 Å². The predicted molar refractivity (Wildman–Crippen MR) is 69.2 cm³/mol. The Kier molecular flexibility index (Phi) is 4.58. The van der Waals surface area contributed by atoms with Gasteiger partial charge < -0.3 is 9.47 Å². The number of nitrogens with two attached hydrogens (primary N) is 1. The average Bonchev–Trinajstić information content (AvgIpc) is 2.94. The lowest BCUT2D eigenvalue weighted by atomic mass is 10.2. The molecule has 0 fully saturated rings. The van der Waals surface area contributed by atoms with E-state index >= 15 is 0 Å². The Hall–Kier alpha value is -1.80. The molecule has 2 aromatic rings. The summed E-state index contributed by atoms with van der Waals surface area (Å²) in [7, 11) is 3.10. The van der Waals surface area contributed by atoms with Gasteiger partial charge in [0.2, 0.25) is 0 Å². The monoisotopic (exact) mass is 263 g/mol. The van der Waals surface area contributed by atoms with Crippen molar-refractivity contribution in [3.8, 4) is 5.69 Å². The third kappa shape index (κ3) is 2.79. The van der Waals surface area contributed by atoms with Gasteiger partial charge >= 0.3 is 0 Å². The van der Waals surface area contributed by atoms with E-state index in [1.54, 1.807) is 25.1 Å². The van der Waals surface area contributed by atoms with Gasteiger partial charge in [-0.1, -0.05) is 23.4 Å². The summed E-state index contributed by atoms with van der Waals surface area (Å²) in [5.74, 6) is 5.58. The molecule has 0 radical (unpaired) electrons. The van der Waals surface area contributed by atoms with Gasteiger partial charge in [-0.2, -0.15) is 0 Å². The number of rotatable bonds is 6. The molecule has 2 rings (SSSR count). The fraction of sp³-hybridized carbons (Fsp3) is 0.333. The second-order valence-electron chi connectivity index (χ2n) is 3.89. The molecule has 0 saturated heterocycles. The topological polar surface area (TPSA) is 87.2 Å². The van der Waals surface area contributed by atoms with Crippen molar-refractivity contribution in [2.45, 2.75) is 12.3 Å². The number of hydrogen-bond acceptors (Lipinski definition) is 6. The molecule has 0 bridgehead atoms. The lowest BCUT2D eigenvalue weighted by Crippen LogP contribution is -2.39. The summed E-state index contributed by atoms with van der Waals surface area (Å²) in [6.45, 7) is 0. The average molecular weight is 263 g/mol. The SMILES string of the molecule is COC(OC)C(NN)c1cnnn1-c1ccccc1. The zero-order chi connectivity index (χ0) is 13.7. The van der Waals surface area contributed by atoms with Crippen molar-refractivity contribution in [3.63, 3.8) is 0 Å². The molecule has 0 amide bonds. The Morgan fingerprint density at radius 2 is 1.89 bits per heavy atom. The summed E-state index contributed by atoms with van der Waals surface area (Å²) >= 11 is 0. The Morgan fingerprint density at radius 3 is 2.47 bits per heavy atom. The molecule has 19 heavy (non-hydrogen) atoms. The van der Waals surface area contributed by atoms with Crippen molar-refractivity contribution in [1.29, 1.82) is 0 Å². The Labute approximate surface area is 111 Å². The van der Waals surface area contributed by atoms with Crippen LogP contribution in [0.25, 0.3) is 5.69 Å². The van der Waals surface area contributed by atoms with Crippen molar-refractivity contribution in [3.05, 3.63) is 42.2 Å². The van der Waals surface area contributed by atoms with Crippen LogP contribution in [-0.4, -0.2) is 35.5 Å². The van der Waals surface area contributed by atoms with Crippen molar-refractivity contribution in [2.75, 3.05) is 14.2 Å². The molecule has 0 saturated carbocycles. The highest BCUT2D eigenvalue weighted by Gasteiger charge is 2.26. The molecule has 0 aliphatic carbocycles. The van der Waals surface area contributed by atoms with Gasteiger partial charge in [0.1, 0.15) is 6.04 Å². The van der Waals surface area contributed by atoms with Crippen LogP contribution in [0.4, 0.5) is 0 Å². The van der Waals surface area contributed by atoms with Crippen LogP contribution < -0.4 is 11.3 Å². The number of nitrogens with zero attached hydrogens (tertiary/aromatic N) is 3. The number of methoxy groups -OCH3 is 2. The number of ether oxygens (including phenoxy) is 2. The number of nitrogens with one attached hydrogen (secondary N) is 1. The van der Waals surface area contributed by atoms with E-state index in [-0.39, 0.29) is 6.04 Å². The zero-order valence-corrected chi connectivity index (χ0v) is 10.9. The lowest BCUT2D eigenvalue weighted by molar-refractivity contribution is -0.125. The molecule has 102 valence electrons. The molecule has 1 unspecified atom stereocenters. The summed E-state index contributed by atoms with van der Waals surface area (Å²) in [5.41, 5.74) is 4.31. The summed E-state index contributed by atoms with van der Waals surface area (Å²) in [5, 5.41) is 7.99. The van der Waals surface area contributed by atoms with Crippen molar-refractivity contribution < 1.29 is 9.47 Å². The normalized spacial score (nSPS) is 12.8. The molecule has 1 aromatic carbocycles. The zero-order valence-electron chi connectivity index (χ0n) is 10.9. The van der Waals surface area contributed by atoms with Crippen molar-refractivity contribution in [1.82, 2.24) is 20.4 Å². The quantitative estimate of drug-likeness (QED) is 0.445. The van der Waals surface area contributed by atoms with Crippen molar-refractivity contribution >= 4 is 0 Å². The second kappa shape index (κ2) is 6.39. The van der Waals surface area contributed by atoms with Gasteiger partial charge in [-0.05, 0) is 12.1 Å². The number of hydrazine groups is 1. The van der Waals surface area contributed by atoms with Crippen LogP contribution in [0.2, 0.25) is 0 Å². The summed E-state index contributed by atoms with van der Waals surface area (Å²) in [6.07, 6.45) is 1.09. The molecule has 0 aliphatic rings. The Morgan fingerprint density at radius 1 is 1.21 bits per heavy atom. The van der Waals surface area contributed by atoms with Crippen molar-refractivity contribution in [2.24, 2.45) is 5.84 Å². The molecule has 0 aliphatic heterocycles. The first-order chi connectivity index (χ1) is 9.31. The molecular weight excluding hydrogens is 246 g/mol. The first-order valence-corrected chi connectivity index (χ1v) is 5.79. The minimum absolute atomic E-state index is 0.384. The number of hydrogen-bond donors (Lipinski definition) is 2. The van der Waals surface area contributed by atoms with E-state index in [1.807, 2.05) is 30.3 Å². The number of benzene rings is 1. The second-order valence-corrected chi connectivity index (χ2v) is 3.89. The Bertz CT molecular complexity index is 498. The third-order valence-corrected chi connectivity index (χ3v) is 2.81. The molecule has 1 aromatic heterocycles. The summed E-state index contributed by atoms with van der Waals surface area (Å²) in [6, 6.07) is 9.27.